The summed E-state index contributed by atoms with van der Waals surface area (Å²) in [5.74, 6) is -0.120. The average Bonchev–Trinajstić information content (AvgIpc) is 2.77. The summed E-state index contributed by atoms with van der Waals surface area (Å²) in [7, 11) is 5.09. The van der Waals surface area contributed by atoms with Gasteiger partial charge in [-0.05, 0) is 18.9 Å². The molecule has 0 saturated heterocycles. The van der Waals surface area contributed by atoms with E-state index in [9.17, 15) is 9.90 Å². The number of hydrogen-bond donors (Lipinski definition) is 1. The van der Waals surface area contributed by atoms with Crippen molar-refractivity contribution in [1.29, 1.82) is 0 Å². The molecule has 0 radical (unpaired) electrons. The first-order chi connectivity index (χ1) is 9.56. The second kappa shape index (κ2) is 6.37. The first-order valence-corrected chi connectivity index (χ1v) is 7.02. The van der Waals surface area contributed by atoms with Gasteiger partial charge in [0.05, 0.1) is 12.1 Å². The predicted molar refractivity (Wildman–Crippen MR) is 74.4 cm³/mol. The van der Waals surface area contributed by atoms with E-state index in [1.54, 1.807) is 43.1 Å². The smallest absolute Gasteiger partial charge is 0.272 e. The van der Waals surface area contributed by atoms with Gasteiger partial charge in [-0.2, -0.15) is 5.10 Å². The van der Waals surface area contributed by atoms with Crippen molar-refractivity contribution < 1.29 is 14.6 Å². The van der Waals surface area contributed by atoms with E-state index >= 15 is 0 Å². The monoisotopic (exact) mass is 281 g/mol. The molecule has 0 unspecified atom stereocenters. The fourth-order valence-corrected chi connectivity index (χ4v) is 2.88. The molecule has 1 heterocycles. The second-order valence-electron chi connectivity index (χ2n) is 5.37. The van der Waals surface area contributed by atoms with Crippen LogP contribution in [0, 0.1) is 0 Å². The molecule has 112 valence electrons. The highest BCUT2D eigenvalue weighted by Crippen LogP contribution is 2.24. The summed E-state index contributed by atoms with van der Waals surface area (Å²) >= 11 is 0. The molecule has 1 amide bonds. The number of carbonyl (C=O) groups is 1. The molecule has 0 bridgehead atoms. The van der Waals surface area contributed by atoms with Crippen molar-refractivity contribution in [3.8, 4) is 0 Å². The van der Waals surface area contributed by atoms with Crippen LogP contribution in [0.1, 0.15) is 36.2 Å². The summed E-state index contributed by atoms with van der Waals surface area (Å²) in [6.07, 6.45) is 4.38. The van der Waals surface area contributed by atoms with Crippen molar-refractivity contribution in [3.05, 3.63) is 18.0 Å². The number of rotatable bonds is 3. The lowest BCUT2D eigenvalue weighted by atomic mass is 10.0. The molecule has 6 nitrogen and oxygen atoms in total. The Morgan fingerprint density at radius 1 is 1.50 bits per heavy atom. The molecule has 2 rings (SSSR count). The lowest BCUT2D eigenvalue weighted by Gasteiger charge is -2.33. The van der Waals surface area contributed by atoms with Gasteiger partial charge in [0.2, 0.25) is 0 Å². The van der Waals surface area contributed by atoms with Crippen molar-refractivity contribution in [2.24, 2.45) is 7.05 Å². The van der Waals surface area contributed by atoms with Gasteiger partial charge in [0.15, 0.2) is 0 Å². The zero-order valence-electron chi connectivity index (χ0n) is 12.3. The Balaban J connectivity index is 2.16. The molecule has 1 aliphatic rings. The van der Waals surface area contributed by atoms with Gasteiger partial charge < -0.3 is 14.7 Å². The third-order valence-corrected chi connectivity index (χ3v) is 4.17. The minimum Gasteiger partial charge on any atom is -0.388 e. The standard InChI is InChI=1S/C14H23N3O3/c1-16(14(19)11-8-9-15-17(11)2)10-6-4-5-7-12(20-3)13(10)18/h8-10,12-13,18H,4-7H2,1-3H3/t10-,12-,13-/m1/s1. The van der Waals surface area contributed by atoms with Crippen LogP contribution in [-0.2, 0) is 11.8 Å². The lowest BCUT2D eigenvalue weighted by Crippen LogP contribution is -2.49. The number of methoxy groups -OCH3 is 1. The molecule has 6 heteroatoms. The quantitative estimate of drug-likeness (QED) is 0.833. The van der Waals surface area contributed by atoms with Crippen LogP contribution < -0.4 is 0 Å². The minimum absolute atomic E-state index is 0.120. The molecule has 0 spiro atoms. The highest BCUT2D eigenvalue weighted by molar-refractivity contribution is 5.92. The Hall–Kier alpha value is -1.40. The Morgan fingerprint density at radius 3 is 2.80 bits per heavy atom. The summed E-state index contributed by atoms with van der Waals surface area (Å²) in [6, 6.07) is 1.47. The van der Waals surface area contributed by atoms with Crippen LogP contribution in [-0.4, -0.2) is 58.1 Å². The molecule has 1 aliphatic carbocycles. The maximum Gasteiger partial charge on any atom is 0.272 e. The predicted octanol–water partition coefficient (Wildman–Crippen LogP) is 0.811. The normalized spacial score (nSPS) is 27.1. The highest BCUT2D eigenvalue weighted by atomic mass is 16.5. The molecule has 1 fully saturated rings. The first kappa shape index (κ1) is 15.0. The first-order valence-electron chi connectivity index (χ1n) is 7.02. The fraction of sp³-hybridized carbons (Fsp3) is 0.714. The van der Waals surface area contributed by atoms with Gasteiger partial charge in [-0.25, -0.2) is 0 Å². The van der Waals surface area contributed by atoms with Crippen LogP contribution in [0.5, 0.6) is 0 Å². The number of nitrogens with zero attached hydrogens (tertiary/aromatic N) is 3. The van der Waals surface area contributed by atoms with Crippen molar-refractivity contribution in [2.45, 2.75) is 43.9 Å². The van der Waals surface area contributed by atoms with Crippen molar-refractivity contribution in [3.63, 3.8) is 0 Å². The molecule has 20 heavy (non-hydrogen) atoms. The van der Waals surface area contributed by atoms with Gasteiger partial charge in [0.1, 0.15) is 11.8 Å². The van der Waals surface area contributed by atoms with Crippen LogP contribution in [0.2, 0.25) is 0 Å². The van der Waals surface area contributed by atoms with E-state index in [-0.39, 0.29) is 18.1 Å². The topological polar surface area (TPSA) is 67.6 Å². The molecular formula is C14H23N3O3. The van der Waals surface area contributed by atoms with Crippen molar-refractivity contribution >= 4 is 5.91 Å². The fourth-order valence-electron chi connectivity index (χ4n) is 2.88. The van der Waals surface area contributed by atoms with Crippen LogP contribution in [0.3, 0.4) is 0 Å². The summed E-state index contributed by atoms with van der Waals surface area (Å²) in [4.78, 5) is 14.1. The zero-order chi connectivity index (χ0) is 14.7. The van der Waals surface area contributed by atoms with E-state index in [4.69, 9.17) is 4.74 Å². The van der Waals surface area contributed by atoms with Crippen LogP contribution >= 0.6 is 0 Å². The summed E-state index contributed by atoms with van der Waals surface area (Å²) < 4.78 is 6.90. The van der Waals surface area contributed by atoms with Crippen molar-refractivity contribution in [1.82, 2.24) is 14.7 Å². The number of aromatic nitrogens is 2. The van der Waals surface area contributed by atoms with E-state index < -0.39 is 6.10 Å². The Morgan fingerprint density at radius 2 is 2.20 bits per heavy atom. The van der Waals surface area contributed by atoms with Gasteiger partial charge in [-0.1, -0.05) is 12.8 Å². The third-order valence-electron chi connectivity index (χ3n) is 4.17. The second-order valence-corrected chi connectivity index (χ2v) is 5.37. The molecule has 0 aliphatic heterocycles. The molecule has 1 aromatic rings. The zero-order valence-corrected chi connectivity index (χ0v) is 12.3. The van der Waals surface area contributed by atoms with Crippen LogP contribution in [0.15, 0.2) is 12.3 Å². The van der Waals surface area contributed by atoms with E-state index in [2.05, 4.69) is 5.10 Å². The molecule has 3 atom stereocenters. The van der Waals surface area contributed by atoms with Gasteiger partial charge in [0, 0.05) is 27.4 Å². The largest absolute Gasteiger partial charge is 0.388 e. The Labute approximate surface area is 119 Å². The Kier molecular flexibility index (Phi) is 4.77. The number of ether oxygens (including phenoxy) is 1. The summed E-state index contributed by atoms with van der Waals surface area (Å²) in [6.45, 7) is 0. The van der Waals surface area contributed by atoms with Gasteiger partial charge in [-0.15, -0.1) is 0 Å². The maximum atomic E-state index is 12.5. The van der Waals surface area contributed by atoms with E-state index in [1.165, 1.54) is 0 Å². The van der Waals surface area contributed by atoms with Gasteiger partial charge >= 0.3 is 0 Å². The number of aliphatic hydroxyl groups is 1. The van der Waals surface area contributed by atoms with E-state index in [0.29, 0.717) is 5.69 Å². The molecule has 0 aromatic carbocycles. The van der Waals surface area contributed by atoms with E-state index in [1.807, 2.05) is 0 Å². The van der Waals surface area contributed by atoms with Crippen molar-refractivity contribution in [2.75, 3.05) is 14.2 Å². The van der Waals surface area contributed by atoms with Gasteiger partial charge in [0.25, 0.3) is 5.91 Å². The molecule has 1 aromatic heterocycles. The number of likely N-dealkylation sites (N-methyl/N-ethyl adjacent to an activating group) is 1. The molecular weight excluding hydrogens is 258 g/mol. The van der Waals surface area contributed by atoms with E-state index in [0.717, 1.165) is 25.7 Å². The minimum atomic E-state index is -0.648. The van der Waals surface area contributed by atoms with Crippen LogP contribution in [0.25, 0.3) is 0 Å². The number of amides is 1. The van der Waals surface area contributed by atoms with Gasteiger partial charge in [-0.3, -0.25) is 9.48 Å². The average molecular weight is 281 g/mol. The summed E-state index contributed by atoms with van der Waals surface area (Å²) in [5.41, 5.74) is 0.526. The number of hydrogen-bond acceptors (Lipinski definition) is 4. The Bertz CT molecular complexity index is 460. The summed E-state index contributed by atoms with van der Waals surface area (Å²) in [5, 5.41) is 14.5. The number of aryl methyl sites for hydroxylation is 1. The third kappa shape index (κ3) is 2.86. The number of aliphatic hydroxyl groups excluding tert-OH is 1. The molecule has 1 N–H and O–H groups in total. The highest BCUT2D eigenvalue weighted by Gasteiger charge is 2.35. The van der Waals surface area contributed by atoms with Crippen LogP contribution in [0.4, 0.5) is 0 Å². The number of carbonyl (C=O) groups excluding carboxylic acids is 1. The SMILES string of the molecule is CO[C@@H]1CCCC[C@@H](N(C)C(=O)c2ccnn2C)[C@H]1O. The maximum absolute atomic E-state index is 12.5. The lowest BCUT2D eigenvalue weighted by molar-refractivity contribution is -0.0464. The molecule has 1 saturated carbocycles.